The van der Waals surface area contributed by atoms with Crippen molar-refractivity contribution in [3.63, 3.8) is 0 Å². The SMILES string of the molecule is Cc1ccc(-c2cccc(C)c2OCCBr)cc1. The van der Waals surface area contributed by atoms with Gasteiger partial charge in [-0.1, -0.05) is 64.0 Å². The number of alkyl halides is 1. The molecular weight excluding hydrogens is 288 g/mol. The van der Waals surface area contributed by atoms with Crippen LogP contribution in [-0.4, -0.2) is 11.9 Å². The van der Waals surface area contributed by atoms with Gasteiger partial charge < -0.3 is 4.74 Å². The molecule has 2 rings (SSSR count). The summed E-state index contributed by atoms with van der Waals surface area (Å²) in [4.78, 5) is 0. The summed E-state index contributed by atoms with van der Waals surface area (Å²) < 4.78 is 5.85. The van der Waals surface area contributed by atoms with E-state index in [0.29, 0.717) is 6.61 Å². The first kappa shape index (κ1) is 13.2. The molecule has 0 bridgehead atoms. The molecule has 0 spiro atoms. The van der Waals surface area contributed by atoms with Crippen molar-refractivity contribution in [3.05, 3.63) is 53.6 Å². The number of benzene rings is 2. The van der Waals surface area contributed by atoms with Crippen LogP contribution in [-0.2, 0) is 0 Å². The van der Waals surface area contributed by atoms with E-state index in [2.05, 4.69) is 72.2 Å². The van der Waals surface area contributed by atoms with Gasteiger partial charge in [0.1, 0.15) is 5.75 Å². The number of ether oxygens (including phenoxy) is 1. The quantitative estimate of drug-likeness (QED) is 0.741. The van der Waals surface area contributed by atoms with Crippen LogP contribution in [0.1, 0.15) is 11.1 Å². The van der Waals surface area contributed by atoms with E-state index in [0.717, 1.165) is 16.6 Å². The van der Waals surface area contributed by atoms with Crippen molar-refractivity contribution < 1.29 is 4.74 Å². The number of rotatable bonds is 4. The fourth-order valence-electron chi connectivity index (χ4n) is 1.95. The smallest absolute Gasteiger partial charge is 0.130 e. The van der Waals surface area contributed by atoms with Gasteiger partial charge in [0.15, 0.2) is 0 Å². The van der Waals surface area contributed by atoms with Crippen molar-refractivity contribution in [2.45, 2.75) is 13.8 Å². The molecule has 0 N–H and O–H groups in total. The molecule has 0 saturated heterocycles. The molecule has 0 saturated carbocycles. The lowest BCUT2D eigenvalue weighted by molar-refractivity contribution is 0.344. The van der Waals surface area contributed by atoms with Crippen molar-refractivity contribution in [2.24, 2.45) is 0 Å². The van der Waals surface area contributed by atoms with Crippen LogP contribution in [0, 0.1) is 13.8 Å². The van der Waals surface area contributed by atoms with E-state index in [1.807, 2.05) is 0 Å². The summed E-state index contributed by atoms with van der Waals surface area (Å²) >= 11 is 3.40. The molecule has 18 heavy (non-hydrogen) atoms. The first-order valence-electron chi connectivity index (χ1n) is 6.08. The molecular formula is C16H17BrO. The van der Waals surface area contributed by atoms with E-state index < -0.39 is 0 Å². The van der Waals surface area contributed by atoms with Gasteiger partial charge in [-0.25, -0.2) is 0 Å². The lowest BCUT2D eigenvalue weighted by Crippen LogP contribution is -2.01. The third kappa shape index (κ3) is 2.94. The molecule has 2 heteroatoms. The van der Waals surface area contributed by atoms with E-state index >= 15 is 0 Å². The van der Waals surface area contributed by atoms with Crippen molar-refractivity contribution in [1.29, 1.82) is 0 Å². The maximum Gasteiger partial charge on any atom is 0.130 e. The molecule has 0 radical (unpaired) electrons. The van der Waals surface area contributed by atoms with Crippen LogP contribution >= 0.6 is 15.9 Å². The minimum absolute atomic E-state index is 0.684. The molecule has 0 amide bonds. The number of aryl methyl sites for hydroxylation is 2. The number of halogens is 1. The minimum atomic E-state index is 0.684. The summed E-state index contributed by atoms with van der Waals surface area (Å²) in [6, 6.07) is 14.8. The number of hydrogen-bond donors (Lipinski definition) is 0. The second-order valence-electron chi connectivity index (χ2n) is 4.36. The summed E-state index contributed by atoms with van der Waals surface area (Å²) in [6.45, 7) is 4.87. The third-order valence-corrected chi connectivity index (χ3v) is 3.22. The molecule has 0 fully saturated rings. The largest absolute Gasteiger partial charge is 0.492 e. The normalized spacial score (nSPS) is 10.4. The first-order valence-corrected chi connectivity index (χ1v) is 7.20. The fraction of sp³-hybridized carbons (Fsp3) is 0.250. The Bertz CT molecular complexity index is 517. The van der Waals surface area contributed by atoms with Crippen molar-refractivity contribution >= 4 is 15.9 Å². The summed E-state index contributed by atoms with van der Waals surface area (Å²) in [5.41, 5.74) is 4.81. The molecule has 0 atom stereocenters. The maximum absolute atomic E-state index is 5.85. The van der Waals surface area contributed by atoms with Gasteiger partial charge in [0.25, 0.3) is 0 Å². The van der Waals surface area contributed by atoms with Gasteiger partial charge >= 0.3 is 0 Å². The zero-order chi connectivity index (χ0) is 13.0. The standard InChI is InChI=1S/C16H17BrO/c1-12-6-8-14(9-7-12)15-5-3-4-13(2)16(15)18-11-10-17/h3-9H,10-11H2,1-2H3. The van der Waals surface area contributed by atoms with E-state index in [1.54, 1.807) is 0 Å². The first-order chi connectivity index (χ1) is 8.72. The van der Waals surface area contributed by atoms with Crippen LogP contribution in [0.5, 0.6) is 5.75 Å². The molecule has 0 heterocycles. The molecule has 94 valence electrons. The van der Waals surface area contributed by atoms with Crippen LogP contribution < -0.4 is 4.74 Å². The Labute approximate surface area is 117 Å². The van der Waals surface area contributed by atoms with Gasteiger partial charge in [-0.15, -0.1) is 0 Å². The number of para-hydroxylation sites is 1. The molecule has 0 unspecified atom stereocenters. The van der Waals surface area contributed by atoms with Crippen molar-refractivity contribution in [2.75, 3.05) is 11.9 Å². The molecule has 0 aromatic heterocycles. The predicted molar refractivity (Wildman–Crippen MR) is 80.6 cm³/mol. The van der Waals surface area contributed by atoms with Gasteiger partial charge in [-0.3, -0.25) is 0 Å². The van der Waals surface area contributed by atoms with Crippen molar-refractivity contribution in [1.82, 2.24) is 0 Å². The molecule has 1 nitrogen and oxygen atoms in total. The highest BCUT2D eigenvalue weighted by Crippen LogP contribution is 2.33. The molecule has 2 aromatic carbocycles. The Hall–Kier alpha value is -1.28. The molecule has 2 aromatic rings. The van der Waals surface area contributed by atoms with Crippen LogP contribution in [0.15, 0.2) is 42.5 Å². The monoisotopic (exact) mass is 304 g/mol. The predicted octanol–water partition coefficient (Wildman–Crippen LogP) is 4.74. The van der Waals surface area contributed by atoms with E-state index in [-0.39, 0.29) is 0 Å². The minimum Gasteiger partial charge on any atom is -0.492 e. The second-order valence-corrected chi connectivity index (χ2v) is 5.15. The highest BCUT2D eigenvalue weighted by Gasteiger charge is 2.08. The molecule has 0 aliphatic heterocycles. The highest BCUT2D eigenvalue weighted by molar-refractivity contribution is 9.09. The van der Waals surface area contributed by atoms with Crippen molar-refractivity contribution in [3.8, 4) is 16.9 Å². The highest BCUT2D eigenvalue weighted by atomic mass is 79.9. The van der Waals surface area contributed by atoms with Crippen LogP contribution in [0.4, 0.5) is 0 Å². The zero-order valence-electron chi connectivity index (χ0n) is 10.7. The van der Waals surface area contributed by atoms with Gasteiger partial charge in [-0.2, -0.15) is 0 Å². The number of hydrogen-bond acceptors (Lipinski definition) is 1. The van der Waals surface area contributed by atoms with Gasteiger partial charge in [-0.05, 0) is 25.0 Å². The second kappa shape index (κ2) is 6.05. The Balaban J connectivity index is 2.43. The van der Waals surface area contributed by atoms with Crippen LogP contribution in [0.2, 0.25) is 0 Å². The summed E-state index contributed by atoms with van der Waals surface area (Å²) in [7, 11) is 0. The van der Waals surface area contributed by atoms with Gasteiger partial charge in [0, 0.05) is 10.9 Å². The van der Waals surface area contributed by atoms with Gasteiger partial charge in [0.2, 0.25) is 0 Å². The topological polar surface area (TPSA) is 9.23 Å². The van der Waals surface area contributed by atoms with Gasteiger partial charge in [0.05, 0.1) is 6.61 Å². The Morgan fingerprint density at radius 1 is 1.00 bits per heavy atom. The fourth-order valence-corrected chi connectivity index (χ4v) is 2.11. The van der Waals surface area contributed by atoms with E-state index in [1.165, 1.54) is 16.7 Å². The average molecular weight is 305 g/mol. The third-order valence-electron chi connectivity index (χ3n) is 2.90. The zero-order valence-corrected chi connectivity index (χ0v) is 12.3. The maximum atomic E-state index is 5.85. The Morgan fingerprint density at radius 3 is 2.39 bits per heavy atom. The Kier molecular flexibility index (Phi) is 4.43. The summed E-state index contributed by atoms with van der Waals surface area (Å²) in [5.74, 6) is 0.987. The lowest BCUT2D eigenvalue weighted by atomic mass is 10.0. The molecule has 0 aliphatic carbocycles. The van der Waals surface area contributed by atoms with Crippen LogP contribution in [0.25, 0.3) is 11.1 Å². The van der Waals surface area contributed by atoms with Crippen LogP contribution in [0.3, 0.4) is 0 Å². The molecule has 0 aliphatic rings. The van der Waals surface area contributed by atoms with E-state index in [9.17, 15) is 0 Å². The summed E-state index contributed by atoms with van der Waals surface area (Å²) in [5, 5.41) is 0.842. The lowest BCUT2D eigenvalue weighted by Gasteiger charge is -2.13. The average Bonchev–Trinajstić information content (AvgIpc) is 2.38. The Morgan fingerprint density at radius 2 is 1.72 bits per heavy atom. The summed E-state index contributed by atoms with van der Waals surface area (Å²) in [6.07, 6.45) is 0. The van der Waals surface area contributed by atoms with E-state index in [4.69, 9.17) is 4.74 Å².